The zero-order valence-electron chi connectivity index (χ0n) is 9.81. The first-order valence-electron chi connectivity index (χ1n) is 5.95. The lowest BCUT2D eigenvalue weighted by Gasteiger charge is -2.24. The number of likely N-dealkylation sites (N-methyl/N-ethyl adjacent to an activating group) is 1. The molecule has 4 heteroatoms. The van der Waals surface area contributed by atoms with Crippen LogP contribution in [0.2, 0.25) is 0 Å². The van der Waals surface area contributed by atoms with Gasteiger partial charge in [0, 0.05) is 6.54 Å². The number of carbonyl (C=O) groups excluding carboxylic acids is 1. The average Bonchev–Trinajstić information content (AvgIpc) is 2.27. The van der Waals surface area contributed by atoms with Crippen molar-refractivity contribution in [3.8, 4) is 0 Å². The Kier molecular flexibility index (Phi) is 5.65. The second-order valence-electron chi connectivity index (χ2n) is 4.22. The van der Waals surface area contributed by atoms with Gasteiger partial charge in [0.1, 0.15) is 0 Å². The van der Waals surface area contributed by atoms with Crippen molar-refractivity contribution < 1.29 is 4.79 Å². The van der Waals surface area contributed by atoms with E-state index >= 15 is 0 Å². The molecule has 4 nitrogen and oxygen atoms in total. The zero-order chi connectivity index (χ0) is 11.1. The highest BCUT2D eigenvalue weighted by molar-refractivity contribution is 5.81. The summed E-state index contributed by atoms with van der Waals surface area (Å²) in [7, 11) is 0. The Morgan fingerprint density at radius 1 is 1.47 bits per heavy atom. The first-order valence-corrected chi connectivity index (χ1v) is 5.95. The van der Waals surface area contributed by atoms with Gasteiger partial charge < -0.3 is 16.0 Å². The summed E-state index contributed by atoms with van der Waals surface area (Å²) < 4.78 is 0. The number of carbonyl (C=O) groups is 1. The minimum Gasteiger partial charge on any atom is -0.355 e. The molecule has 88 valence electrons. The maximum absolute atomic E-state index is 11.4. The number of rotatable bonds is 5. The molecule has 1 saturated heterocycles. The fraction of sp³-hybridized carbons (Fsp3) is 0.909. The third-order valence-electron chi connectivity index (χ3n) is 2.92. The summed E-state index contributed by atoms with van der Waals surface area (Å²) in [6.45, 7) is 7.76. The van der Waals surface area contributed by atoms with Crippen molar-refractivity contribution in [2.75, 3.05) is 26.2 Å². The van der Waals surface area contributed by atoms with Gasteiger partial charge in [-0.25, -0.2) is 0 Å². The number of piperidine rings is 1. The van der Waals surface area contributed by atoms with E-state index in [0.717, 1.165) is 25.6 Å². The van der Waals surface area contributed by atoms with Gasteiger partial charge in [0.05, 0.1) is 6.04 Å². The fourth-order valence-electron chi connectivity index (χ4n) is 1.85. The van der Waals surface area contributed by atoms with Gasteiger partial charge in [0.25, 0.3) is 0 Å². The van der Waals surface area contributed by atoms with Crippen molar-refractivity contribution in [2.24, 2.45) is 5.92 Å². The molecule has 3 N–H and O–H groups in total. The maximum Gasteiger partial charge on any atom is 0.236 e. The third-order valence-corrected chi connectivity index (χ3v) is 2.92. The van der Waals surface area contributed by atoms with Crippen LogP contribution >= 0.6 is 0 Å². The quantitative estimate of drug-likeness (QED) is 0.607. The molecule has 0 aromatic rings. The molecule has 1 atom stereocenters. The van der Waals surface area contributed by atoms with Gasteiger partial charge in [-0.2, -0.15) is 0 Å². The van der Waals surface area contributed by atoms with E-state index in [1.807, 2.05) is 13.8 Å². The van der Waals surface area contributed by atoms with Crippen LogP contribution in [0.4, 0.5) is 0 Å². The van der Waals surface area contributed by atoms with Crippen LogP contribution in [0.25, 0.3) is 0 Å². The van der Waals surface area contributed by atoms with Gasteiger partial charge >= 0.3 is 0 Å². The van der Waals surface area contributed by atoms with E-state index < -0.39 is 0 Å². The van der Waals surface area contributed by atoms with Crippen LogP contribution in [-0.2, 0) is 4.79 Å². The molecule has 1 aliphatic rings. The molecule has 1 heterocycles. The molecular formula is C11H23N3O. The molecule has 1 amide bonds. The average molecular weight is 213 g/mol. The predicted molar refractivity (Wildman–Crippen MR) is 61.7 cm³/mol. The Morgan fingerprint density at radius 2 is 2.13 bits per heavy atom. The Balaban J connectivity index is 2.14. The van der Waals surface area contributed by atoms with Crippen molar-refractivity contribution in [3.63, 3.8) is 0 Å². The van der Waals surface area contributed by atoms with Gasteiger partial charge in [0.15, 0.2) is 0 Å². The van der Waals surface area contributed by atoms with Gasteiger partial charge in [-0.3, -0.25) is 4.79 Å². The van der Waals surface area contributed by atoms with Crippen LogP contribution in [0.15, 0.2) is 0 Å². The first-order chi connectivity index (χ1) is 7.24. The highest BCUT2D eigenvalue weighted by Crippen LogP contribution is 2.09. The van der Waals surface area contributed by atoms with E-state index in [-0.39, 0.29) is 11.9 Å². The van der Waals surface area contributed by atoms with Gasteiger partial charge in [-0.05, 0) is 52.2 Å². The molecule has 1 rings (SSSR count). The number of hydrogen-bond acceptors (Lipinski definition) is 3. The molecule has 0 aromatic carbocycles. The monoisotopic (exact) mass is 213 g/mol. The Hall–Kier alpha value is -0.610. The largest absolute Gasteiger partial charge is 0.355 e. The van der Waals surface area contributed by atoms with Crippen molar-refractivity contribution in [3.05, 3.63) is 0 Å². The zero-order valence-corrected chi connectivity index (χ0v) is 9.81. The van der Waals surface area contributed by atoms with Crippen LogP contribution in [-0.4, -0.2) is 38.1 Å². The van der Waals surface area contributed by atoms with Gasteiger partial charge in [-0.1, -0.05) is 0 Å². The van der Waals surface area contributed by atoms with Crippen molar-refractivity contribution >= 4 is 5.91 Å². The van der Waals surface area contributed by atoms with Crippen LogP contribution in [0, 0.1) is 5.92 Å². The molecule has 1 aliphatic heterocycles. The summed E-state index contributed by atoms with van der Waals surface area (Å²) in [5.41, 5.74) is 0. The van der Waals surface area contributed by atoms with Crippen molar-refractivity contribution in [2.45, 2.75) is 32.7 Å². The lowest BCUT2D eigenvalue weighted by Crippen LogP contribution is -2.44. The molecule has 15 heavy (non-hydrogen) atoms. The molecule has 0 radical (unpaired) electrons. The van der Waals surface area contributed by atoms with Crippen LogP contribution in [0.1, 0.15) is 26.7 Å². The lowest BCUT2D eigenvalue weighted by atomic mass is 9.98. The fourth-order valence-corrected chi connectivity index (χ4v) is 1.85. The summed E-state index contributed by atoms with van der Waals surface area (Å²) in [4.78, 5) is 11.4. The number of hydrogen-bond donors (Lipinski definition) is 3. The van der Waals surface area contributed by atoms with Crippen LogP contribution in [0.3, 0.4) is 0 Å². The molecule has 0 aliphatic carbocycles. The van der Waals surface area contributed by atoms with Crippen LogP contribution < -0.4 is 16.0 Å². The molecule has 0 saturated carbocycles. The summed E-state index contributed by atoms with van der Waals surface area (Å²) in [5.74, 6) is 0.828. The van der Waals surface area contributed by atoms with E-state index in [9.17, 15) is 4.79 Å². The molecule has 1 unspecified atom stereocenters. The summed E-state index contributed by atoms with van der Waals surface area (Å²) >= 11 is 0. The minimum atomic E-state index is -0.0696. The Labute approximate surface area is 92.2 Å². The summed E-state index contributed by atoms with van der Waals surface area (Å²) in [5, 5.41) is 9.45. The normalized spacial score (nSPS) is 19.9. The van der Waals surface area contributed by atoms with E-state index in [1.165, 1.54) is 12.8 Å². The van der Waals surface area contributed by atoms with Crippen molar-refractivity contribution in [1.82, 2.24) is 16.0 Å². The molecule has 1 fully saturated rings. The topological polar surface area (TPSA) is 53.2 Å². The second kappa shape index (κ2) is 6.80. The predicted octanol–water partition coefficient (Wildman–Crippen LogP) is 0.100. The van der Waals surface area contributed by atoms with Gasteiger partial charge in [0.2, 0.25) is 5.91 Å². The van der Waals surface area contributed by atoms with Crippen LogP contribution in [0.5, 0.6) is 0 Å². The standard InChI is InChI=1S/C11H23N3O/c1-3-13-11(15)9(2)14-8-10-4-6-12-7-5-10/h9-10,12,14H,3-8H2,1-2H3,(H,13,15). The Morgan fingerprint density at radius 3 is 2.73 bits per heavy atom. The number of nitrogens with one attached hydrogen (secondary N) is 3. The number of amides is 1. The summed E-state index contributed by atoms with van der Waals surface area (Å²) in [6, 6.07) is -0.0696. The summed E-state index contributed by atoms with van der Waals surface area (Å²) in [6.07, 6.45) is 2.43. The molecule has 0 spiro atoms. The third kappa shape index (κ3) is 4.62. The molecule has 0 bridgehead atoms. The van der Waals surface area contributed by atoms with Crippen molar-refractivity contribution in [1.29, 1.82) is 0 Å². The Bertz CT molecular complexity index is 190. The van der Waals surface area contributed by atoms with E-state index in [4.69, 9.17) is 0 Å². The highest BCUT2D eigenvalue weighted by atomic mass is 16.2. The lowest BCUT2D eigenvalue weighted by molar-refractivity contribution is -0.122. The molecule has 0 aromatic heterocycles. The highest BCUT2D eigenvalue weighted by Gasteiger charge is 2.16. The van der Waals surface area contributed by atoms with E-state index in [1.54, 1.807) is 0 Å². The van der Waals surface area contributed by atoms with Gasteiger partial charge in [-0.15, -0.1) is 0 Å². The van der Waals surface area contributed by atoms with E-state index in [2.05, 4.69) is 16.0 Å². The SMILES string of the molecule is CCNC(=O)C(C)NCC1CCNCC1. The second-order valence-corrected chi connectivity index (χ2v) is 4.22. The molecular weight excluding hydrogens is 190 g/mol. The maximum atomic E-state index is 11.4. The first kappa shape index (κ1) is 12.5. The van der Waals surface area contributed by atoms with E-state index in [0.29, 0.717) is 6.54 Å². The smallest absolute Gasteiger partial charge is 0.236 e. The minimum absolute atomic E-state index is 0.0696.